The minimum atomic E-state index is -6.00. The van der Waals surface area contributed by atoms with E-state index in [4.69, 9.17) is 5.10 Å². The van der Waals surface area contributed by atoms with Gasteiger partial charge in [-0.1, -0.05) is 27.5 Å². The van der Waals surface area contributed by atoms with E-state index >= 15 is 0 Å². The fourth-order valence-electron chi connectivity index (χ4n) is 2.62. The van der Waals surface area contributed by atoms with E-state index in [0.29, 0.717) is 0 Å². The molecule has 0 aliphatic carbocycles. The van der Waals surface area contributed by atoms with Gasteiger partial charge in [0, 0.05) is 23.3 Å². The van der Waals surface area contributed by atoms with Gasteiger partial charge in [-0.05, 0) is 43.3 Å². The van der Waals surface area contributed by atoms with Crippen LogP contribution < -0.4 is 4.57 Å². The summed E-state index contributed by atoms with van der Waals surface area (Å²) >= 11 is 3.48. The molecular formula is C17H18BBrF4N4. The van der Waals surface area contributed by atoms with Gasteiger partial charge in [-0.25, -0.2) is 4.57 Å². The quantitative estimate of drug-likeness (QED) is 0.327. The average Bonchev–Trinajstić information content (AvgIpc) is 3.00. The van der Waals surface area contributed by atoms with Crippen molar-refractivity contribution in [2.75, 3.05) is 0 Å². The summed E-state index contributed by atoms with van der Waals surface area (Å²) in [6.45, 7) is 5.20. The highest BCUT2D eigenvalue weighted by molar-refractivity contribution is 9.10. The second-order valence-corrected chi connectivity index (χ2v) is 6.37. The predicted molar refractivity (Wildman–Crippen MR) is 99.9 cm³/mol. The van der Waals surface area contributed by atoms with Gasteiger partial charge in [-0.2, -0.15) is 0 Å². The lowest BCUT2D eigenvalue weighted by atomic mass is 10.2. The molecule has 144 valence electrons. The lowest BCUT2D eigenvalue weighted by Gasteiger charge is -2.01. The Bertz CT molecular complexity index is 861. The summed E-state index contributed by atoms with van der Waals surface area (Å²) in [6.07, 6.45) is 4.53. The first-order chi connectivity index (χ1) is 12.7. The van der Waals surface area contributed by atoms with E-state index in [1.54, 1.807) is 12.4 Å². The number of benzene rings is 1. The van der Waals surface area contributed by atoms with E-state index in [-0.39, 0.29) is 0 Å². The van der Waals surface area contributed by atoms with Crippen LogP contribution in [0.25, 0.3) is 17.1 Å². The molecule has 2 aromatic heterocycles. The molecule has 10 heteroatoms. The fourth-order valence-corrected chi connectivity index (χ4v) is 2.88. The van der Waals surface area contributed by atoms with Crippen LogP contribution in [0, 0.1) is 0 Å². The van der Waals surface area contributed by atoms with Gasteiger partial charge in [0.1, 0.15) is 5.69 Å². The summed E-state index contributed by atoms with van der Waals surface area (Å²) in [5.74, 6) is 2.17. The van der Waals surface area contributed by atoms with Crippen LogP contribution in [0.5, 0.6) is 0 Å². The molecule has 0 saturated heterocycles. The van der Waals surface area contributed by atoms with Gasteiger partial charge in [0.15, 0.2) is 0 Å². The smallest absolute Gasteiger partial charge is 0.418 e. The molecule has 0 spiro atoms. The van der Waals surface area contributed by atoms with Gasteiger partial charge in [0.05, 0.1) is 17.2 Å². The van der Waals surface area contributed by atoms with Crippen molar-refractivity contribution in [3.63, 3.8) is 0 Å². The third-order valence-electron chi connectivity index (χ3n) is 3.65. The topological polar surface area (TPSA) is 34.6 Å². The Morgan fingerprint density at radius 1 is 1.00 bits per heavy atom. The van der Waals surface area contributed by atoms with Crippen LogP contribution in [-0.2, 0) is 13.0 Å². The van der Waals surface area contributed by atoms with Crippen molar-refractivity contribution in [1.82, 2.24) is 14.8 Å². The zero-order valence-electron chi connectivity index (χ0n) is 14.8. The van der Waals surface area contributed by atoms with Crippen molar-refractivity contribution in [1.29, 1.82) is 0 Å². The number of nitrogens with zero attached hydrogens (tertiary/aromatic N) is 4. The molecule has 27 heavy (non-hydrogen) atoms. The molecule has 0 radical (unpaired) electrons. The molecule has 0 aliphatic heterocycles. The van der Waals surface area contributed by atoms with Crippen molar-refractivity contribution >= 4 is 23.2 Å². The van der Waals surface area contributed by atoms with Crippen molar-refractivity contribution in [3.05, 3.63) is 59.1 Å². The second kappa shape index (κ2) is 9.12. The van der Waals surface area contributed by atoms with Crippen molar-refractivity contribution < 1.29 is 21.8 Å². The Morgan fingerprint density at radius 2 is 1.56 bits per heavy atom. The molecule has 0 aliphatic rings. The van der Waals surface area contributed by atoms with Gasteiger partial charge >= 0.3 is 13.1 Å². The molecular weight excluding hydrogens is 427 g/mol. The first-order valence-corrected chi connectivity index (χ1v) is 9.09. The highest BCUT2D eigenvalue weighted by atomic mass is 79.9. The predicted octanol–water partition coefficient (Wildman–Crippen LogP) is 4.87. The lowest BCUT2D eigenvalue weighted by Crippen LogP contribution is -2.38. The maximum atomic E-state index is 9.75. The van der Waals surface area contributed by atoms with Crippen LogP contribution in [0.15, 0.2) is 53.3 Å². The van der Waals surface area contributed by atoms with Crippen molar-refractivity contribution in [3.8, 4) is 17.1 Å². The maximum absolute atomic E-state index is 9.75. The summed E-state index contributed by atoms with van der Waals surface area (Å²) in [4.78, 5) is 4.09. The normalized spacial score (nSPS) is 11.1. The molecule has 4 nitrogen and oxygen atoms in total. The molecule has 0 atom stereocenters. The molecule has 3 aromatic rings. The number of halogens is 5. The summed E-state index contributed by atoms with van der Waals surface area (Å²) in [5, 5.41) is 4.86. The summed E-state index contributed by atoms with van der Waals surface area (Å²) in [5.41, 5.74) is 2.16. The largest absolute Gasteiger partial charge is 0.673 e. The van der Waals surface area contributed by atoms with E-state index in [0.717, 1.165) is 34.5 Å². The molecule has 0 unspecified atom stereocenters. The minimum absolute atomic E-state index is 0.886. The van der Waals surface area contributed by atoms with Gasteiger partial charge in [-0.15, -0.1) is 0 Å². The summed E-state index contributed by atoms with van der Waals surface area (Å²) in [7, 11) is -6.00. The zero-order chi connectivity index (χ0) is 20.0. The average molecular weight is 445 g/mol. The molecule has 2 heterocycles. The molecule has 0 bridgehead atoms. The van der Waals surface area contributed by atoms with Crippen LogP contribution in [0.4, 0.5) is 17.3 Å². The van der Waals surface area contributed by atoms with E-state index in [1.165, 1.54) is 5.82 Å². The van der Waals surface area contributed by atoms with Crippen molar-refractivity contribution in [2.24, 2.45) is 0 Å². The van der Waals surface area contributed by atoms with E-state index < -0.39 is 7.25 Å². The van der Waals surface area contributed by atoms with Gasteiger partial charge in [0.25, 0.3) is 0 Å². The monoisotopic (exact) mass is 444 g/mol. The summed E-state index contributed by atoms with van der Waals surface area (Å²) < 4.78 is 44.4. The van der Waals surface area contributed by atoms with E-state index in [9.17, 15) is 17.3 Å². The SMILES string of the molecule is CCc1n(-c2ccc(Br)cc2)nc(-c2ccncc2)[n+]1CC.F[B-](F)(F)F. The van der Waals surface area contributed by atoms with E-state index in [2.05, 4.69) is 51.5 Å². The van der Waals surface area contributed by atoms with Gasteiger partial charge < -0.3 is 17.3 Å². The third kappa shape index (κ3) is 5.88. The number of hydrogen-bond donors (Lipinski definition) is 0. The maximum Gasteiger partial charge on any atom is 0.673 e. The third-order valence-corrected chi connectivity index (χ3v) is 4.18. The Labute approximate surface area is 163 Å². The minimum Gasteiger partial charge on any atom is -0.418 e. The Hall–Kier alpha value is -2.23. The Balaban J connectivity index is 0.000000465. The molecule has 0 amide bonds. The Kier molecular flexibility index (Phi) is 7.12. The van der Waals surface area contributed by atoms with Crippen molar-refractivity contribution in [2.45, 2.75) is 26.8 Å². The number of pyridine rings is 1. The summed E-state index contributed by atoms with van der Waals surface area (Å²) in [6, 6.07) is 12.2. The van der Waals surface area contributed by atoms with Crippen LogP contribution in [0.2, 0.25) is 0 Å². The second-order valence-electron chi connectivity index (χ2n) is 5.46. The molecule has 0 N–H and O–H groups in total. The lowest BCUT2D eigenvalue weighted by molar-refractivity contribution is -0.690. The van der Waals surface area contributed by atoms with Gasteiger partial charge in [-0.3, -0.25) is 4.98 Å². The molecule has 1 aromatic carbocycles. The first-order valence-electron chi connectivity index (χ1n) is 8.30. The van der Waals surface area contributed by atoms with Crippen LogP contribution in [0.3, 0.4) is 0 Å². The number of aromatic nitrogens is 4. The molecule has 0 saturated carbocycles. The standard InChI is InChI=1S/C17H18BrN4.BF4/c1-3-16-21(4-2)17(13-9-11-19-12-10-13)20-22(16)15-7-5-14(18)6-8-15;2-1(3,4)5/h5-12H,3-4H2,1-2H3;/q+1;-1. The highest BCUT2D eigenvalue weighted by Crippen LogP contribution is 2.18. The van der Waals surface area contributed by atoms with Gasteiger partial charge in [0.2, 0.25) is 5.82 Å². The molecule has 3 rings (SSSR count). The molecule has 0 fully saturated rings. The Morgan fingerprint density at radius 3 is 2.04 bits per heavy atom. The zero-order valence-corrected chi connectivity index (χ0v) is 16.4. The van der Waals surface area contributed by atoms with Crippen LogP contribution in [0.1, 0.15) is 19.7 Å². The highest BCUT2D eigenvalue weighted by Gasteiger charge is 2.25. The van der Waals surface area contributed by atoms with Crippen LogP contribution in [-0.4, -0.2) is 22.0 Å². The van der Waals surface area contributed by atoms with Crippen LogP contribution >= 0.6 is 15.9 Å². The number of rotatable bonds is 4. The van der Waals surface area contributed by atoms with E-state index in [1.807, 2.05) is 28.9 Å². The number of hydrogen-bond acceptors (Lipinski definition) is 2. The first kappa shape index (κ1) is 21.1. The fraction of sp³-hybridized carbons (Fsp3) is 0.235.